The second kappa shape index (κ2) is 2.94. The number of carbonyl (C=O) groups is 1. The first-order chi connectivity index (χ1) is 6.54. The minimum absolute atomic E-state index is 0.142. The highest BCUT2D eigenvalue weighted by atomic mass is 16.5. The Morgan fingerprint density at radius 2 is 2.07 bits per heavy atom. The Hall–Kier alpha value is -1.12. The average Bonchev–Trinajstić information content (AvgIpc) is 2.82. The van der Waals surface area contributed by atoms with E-state index in [1.54, 1.807) is 0 Å². The molecule has 0 amide bonds. The molecular weight excluding hydrogens is 178 g/mol. The minimum atomic E-state index is -0.142. The Bertz CT molecular complexity index is 356. The molecule has 1 aliphatic rings. The monoisotopic (exact) mass is 193 g/mol. The molecule has 76 valence electrons. The first kappa shape index (κ1) is 9.44. The van der Waals surface area contributed by atoms with Crippen LogP contribution >= 0.6 is 0 Å². The molecule has 0 bridgehead atoms. The summed E-state index contributed by atoms with van der Waals surface area (Å²) < 4.78 is 5.27. The Kier molecular flexibility index (Phi) is 1.98. The third kappa shape index (κ3) is 1.47. The van der Waals surface area contributed by atoms with Gasteiger partial charge in [0.05, 0.1) is 11.3 Å². The molecule has 0 radical (unpaired) electrons. The second-order valence-corrected chi connectivity index (χ2v) is 4.95. The smallest absolute Gasteiger partial charge is 0.155 e. The third-order valence-corrected chi connectivity index (χ3v) is 2.52. The number of rotatable bonds is 2. The molecule has 0 unspecified atom stereocenters. The molecule has 2 rings (SSSR count). The topological polar surface area (TPSA) is 43.1 Å². The lowest BCUT2D eigenvalue weighted by Gasteiger charge is -2.13. The van der Waals surface area contributed by atoms with Crippen LogP contribution in [0.1, 0.15) is 61.3 Å². The van der Waals surface area contributed by atoms with Crippen LogP contribution in [0.15, 0.2) is 4.52 Å². The van der Waals surface area contributed by atoms with Crippen molar-refractivity contribution in [3.63, 3.8) is 0 Å². The van der Waals surface area contributed by atoms with Crippen LogP contribution in [0, 0.1) is 0 Å². The van der Waals surface area contributed by atoms with Gasteiger partial charge in [-0.25, -0.2) is 0 Å². The van der Waals surface area contributed by atoms with E-state index in [9.17, 15) is 4.79 Å². The molecule has 1 saturated carbocycles. The van der Waals surface area contributed by atoms with E-state index in [-0.39, 0.29) is 5.41 Å². The van der Waals surface area contributed by atoms with Gasteiger partial charge in [-0.2, -0.15) is 0 Å². The summed E-state index contributed by atoms with van der Waals surface area (Å²) in [5.74, 6) is 1.18. The predicted molar refractivity (Wildman–Crippen MR) is 52.6 cm³/mol. The lowest BCUT2D eigenvalue weighted by Crippen LogP contribution is -2.12. The average molecular weight is 193 g/mol. The number of aldehydes is 1. The van der Waals surface area contributed by atoms with Crippen LogP contribution in [-0.4, -0.2) is 11.4 Å². The molecule has 3 nitrogen and oxygen atoms in total. The quantitative estimate of drug-likeness (QED) is 0.678. The number of carbonyl (C=O) groups excluding carboxylic acids is 1. The van der Waals surface area contributed by atoms with Gasteiger partial charge in [-0.1, -0.05) is 25.9 Å². The van der Waals surface area contributed by atoms with E-state index >= 15 is 0 Å². The molecule has 14 heavy (non-hydrogen) atoms. The maximum Gasteiger partial charge on any atom is 0.155 e. The normalized spacial score (nSPS) is 17.1. The first-order valence-electron chi connectivity index (χ1n) is 4.99. The maximum atomic E-state index is 11.0. The zero-order chi connectivity index (χ0) is 10.3. The maximum absolute atomic E-state index is 11.0. The van der Waals surface area contributed by atoms with Gasteiger partial charge in [-0.15, -0.1) is 0 Å². The summed E-state index contributed by atoms with van der Waals surface area (Å²) in [5, 5.41) is 4.01. The summed E-state index contributed by atoms with van der Waals surface area (Å²) in [6, 6.07) is 0. The Balaban J connectivity index is 2.46. The van der Waals surface area contributed by atoms with Crippen LogP contribution in [0.5, 0.6) is 0 Å². The highest BCUT2D eigenvalue weighted by molar-refractivity contribution is 5.79. The minimum Gasteiger partial charge on any atom is -0.360 e. The second-order valence-electron chi connectivity index (χ2n) is 4.95. The third-order valence-electron chi connectivity index (χ3n) is 2.52. The molecule has 0 saturated heterocycles. The zero-order valence-corrected chi connectivity index (χ0v) is 8.83. The summed E-state index contributed by atoms with van der Waals surface area (Å²) in [6.45, 7) is 6.07. The molecular formula is C11H15NO2. The summed E-state index contributed by atoms with van der Waals surface area (Å²) in [7, 11) is 0. The van der Waals surface area contributed by atoms with Gasteiger partial charge in [-0.05, 0) is 12.8 Å². The van der Waals surface area contributed by atoms with Gasteiger partial charge in [0.25, 0.3) is 0 Å². The molecule has 1 aliphatic carbocycles. The lowest BCUT2D eigenvalue weighted by molar-refractivity contribution is 0.111. The Morgan fingerprint density at radius 1 is 1.43 bits per heavy atom. The van der Waals surface area contributed by atoms with E-state index in [0.717, 1.165) is 30.6 Å². The van der Waals surface area contributed by atoms with Gasteiger partial charge in [0.2, 0.25) is 0 Å². The molecule has 1 aromatic rings. The van der Waals surface area contributed by atoms with Gasteiger partial charge in [0, 0.05) is 11.3 Å². The van der Waals surface area contributed by atoms with Gasteiger partial charge >= 0.3 is 0 Å². The van der Waals surface area contributed by atoms with E-state index in [4.69, 9.17) is 4.52 Å². The van der Waals surface area contributed by atoms with Crippen LogP contribution in [-0.2, 0) is 5.41 Å². The first-order valence-corrected chi connectivity index (χ1v) is 4.99. The number of hydrogen-bond donors (Lipinski definition) is 0. The van der Waals surface area contributed by atoms with E-state index in [1.807, 2.05) is 20.8 Å². The van der Waals surface area contributed by atoms with Crippen molar-refractivity contribution >= 4 is 6.29 Å². The van der Waals surface area contributed by atoms with Gasteiger partial charge in [-0.3, -0.25) is 4.79 Å². The SMILES string of the molecule is CC(C)(C)c1onc(C2CC2)c1C=O. The van der Waals surface area contributed by atoms with Crippen molar-refractivity contribution in [3.05, 3.63) is 17.0 Å². The van der Waals surface area contributed by atoms with E-state index < -0.39 is 0 Å². The molecule has 1 heterocycles. The van der Waals surface area contributed by atoms with Crippen molar-refractivity contribution in [2.75, 3.05) is 0 Å². The summed E-state index contributed by atoms with van der Waals surface area (Å²) >= 11 is 0. The fraction of sp³-hybridized carbons (Fsp3) is 0.636. The summed E-state index contributed by atoms with van der Waals surface area (Å²) in [4.78, 5) is 11.0. The largest absolute Gasteiger partial charge is 0.360 e. The van der Waals surface area contributed by atoms with Crippen LogP contribution < -0.4 is 0 Å². The van der Waals surface area contributed by atoms with Crippen molar-refractivity contribution in [2.45, 2.75) is 44.9 Å². The number of nitrogens with zero attached hydrogens (tertiary/aromatic N) is 1. The van der Waals surface area contributed by atoms with Crippen LogP contribution in [0.3, 0.4) is 0 Å². The van der Waals surface area contributed by atoms with Crippen molar-refractivity contribution in [2.24, 2.45) is 0 Å². The number of aromatic nitrogens is 1. The highest BCUT2D eigenvalue weighted by Gasteiger charge is 2.34. The van der Waals surface area contributed by atoms with Crippen LogP contribution in [0.4, 0.5) is 0 Å². The molecule has 0 aliphatic heterocycles. The molecule has 1 fully saturated rings. The number of hydrogen-bond acceptors (Lipinski definition) is 3. The highest BCUT2D eigenvalue weighted by Crippen LogP contribution is 2.42. The van der Waals surface area contributed by atoms with Gasteiger partial charge < -0.3 is 4.52 Å². The fourth-order valence-electron chi connectivity index (χ4n) is 1.62. The summed E-state index contributed by atoms with van der Waals surface area (Å²) in [6.07, 6.45) is 3.15. The zero-order valence-electron chi connectivity index (χ0n) is 8.83. The van der Waals surface area contributed by atoms with Crippen molar-refractivity contribution in [3.8, 4) is 0 Å². The molecule has 3 heteroatoms. The molecule has 1 aromatic heterocycles. The van der Waals surface area contributed by atoms with Crippen LogP contribution in [0.2, 0.25) is 0 Å². The van der Waals surface area contributed by atoms with Gasteiger partial charge in [0.15, 0.2) is 12.0 Å². The lowest BCUT2D eigenvalue weighted by atomic mass is 9.89. The van der Waals surface area contributed by atoms with E-state index in [1.165, 1.54) is 0 Å². The molecule has 0 spiro atoms. The van der Waals surface area contributed by atoms with Crippen molar-refractivity contribution < 1.29 is 9.32 Å². The molecule has 0 N–H and O–H groups in total. The predicted octanol–water partition coefficient (Wildman–Crippen LogP) is 2.66. The van der Waals surface area contributed by atoms with Gasteiger partial charge in [0.1, 0.15) is 0 Å². The van der Waals surface area contributed by atoms with Crippen molar-refractivity contribution in [1.82, 2.24) is 5.16 Å². The Labute approximate surface area is 83.5 Å². The summed E-state index contributed by atoms with van der Waals surface area (Å²) in [5.41, 5.74) is 1.40. The van der Waals surface area contributed by atoms with Crippen LogP contribution in [0.25, 0.3) is 0 Å². The standard InChI is InChI=1S/C11H15NO2/c1-11(2,3)10-8(6-13)9(12-14-10)7-4-5-7/h6-7H,4-5H2,1-3H3. The molecule has 0 atom stereocenters. The van der Waals surface area contributed by atoms with E-state index in [0.29, 0.717) is 11.5 Å². The molecule has 0 aromatic carbocycles. The fourth-order valence-corrected chi connectivity index (χ4v) is 1.62. The Morgan fingerprint density at radius 3 is 2.50 bits per heavy atom. The van der Waals surface area contributed by atoms with Crippen molar-refractivity contribution in [1.29, 1.82) is 0 Å². The van der Waals surface area contributed by atoms with E-state index in [2.05, 4.69) is 5.16 Å².